The number of hydrogen-bond donors (Lipinski definition) is 0. The van der Waals surface area contributed by atoms with E-state index in [1.165, 1.54) is 6.10 Å². The minimum atomic E-state index is 0.816. The van der Waals surface area contributed by atoms with E-state index in [1.54, 1.807) is 0 Å². The summed E-state index contributed by atoms with van der Waals surface area (Å²) in [6, 6.07) is 0. The molecule has 0 rings (SSSR count). The van der Waals surface area contributed by atoms with Crippen molar-refractivity contribution in [2.75, 3.05) is 6.61 Å². The number of rotatable bonds is 4. The molecule has 0 spiro atoms. The van der Waals surface area contributed by atoms with E-state index in [9.17, 15) is 0 Å². The molecule has 0 radical (unpaired) electrons. The molecule has 48 valence electrons. The van der Waals surface area contributed by atoms with E-state index < -0.39 is 0 Å². The molecule has 0 amide bonds. The van der Waals surface area contributed by atoms with Gasteiger partial charge in [0.15, 0.2) is 0 Å². The van der Waals surface area contributed by atoms with E-state index in [0.29, 0.717) is 0 Å². The van der Waals surface area contributed by atoms with Crippen molar-refractivity contribution in [3.63, 3.8) is 0 Å². The number of hydrogen-bond acceptors (Lipinski definition) is 1. The molecule has 8 heavy (non-hydrogen) atoms. The van der Waals surface area contributed by atoms with Crippen molar-refractivity contribution in [1.29, 1.82) is 0 Å². The summed E-state index contributed by atoms with van der Waals surface area (Å²) in [4.78, 5) is 0. The van der Waals surface area contributed by atoms with Crippen LogP contribution in [0.3, 0.4) is 0 Å². The fraction of sp³-hybridized carbons (Fsp3) is 0.857. The first-order valence-electron chi connectivity index (χ1n) is 3.32. The van der Waals surface area contributed by atoms with Crippen molar-refractivity contribution in [2.24, 2.45) is 0 Å². The number of ether oxygens (including phenoxy) is 1. The lowest BCUT2D eigenvalue weighted by atomic mass is 10.2. The fourth-order valence-electron chi connectivity index (χ4n) is 0.658. The summed E-state index contributed by atoms with van der Waals surface area (Å²) in [7, 11) is 0. The summed E-state index contributed by atoms with van der Waals surface area (Å²) in [5, 5.41) is 0. The van der Waals surface area contributed by atoms with Crippen LogP contribution in [0.15, 0.2) is 0 Å². The van der Waals surface area contributed by atoms with Gasteiger partial charge in [-0.25, -0.2) is 0 Å². The summed E-state index contributed by atoms with van der Waals surface area (Å²) in [6.45, 7) is 7.07. The lowest BCUT2D eigenvalue weighted by molar-refractivity contribution is 0.144. The van der Waals surface area contributed by atoms with Crippen LogP contribution in [0.5, 0.6) is 0 Å². The molecule has 0 saturated carbocycles. The summed E-state index contributed by atoms with van der Waals surface area (Å²) in [5.74, 6) is 0. The van der Waals surface area contributed by atoms with Crippen LogP contribution in [0.2, 0.25) is 0 Å². The molecule has 0 unspecified atom stereocenters. The van der Waals surface area contributed by atoms with Gasteiger partial charge in [-0.3, -0.25) is 0 Å². The van der Waals surface area contributed by atoms with Crippen molar-refractivity contribution in [1.82, 2.24) is 0 Å². The van der Waals surface area contributed by atoms with Gasteiger partial charge < -0.3 is 0 Å². The van der Waals surface area contributed by atoms with Gasteiger partial charge in [0.25, 0.3) is 0 Å². The zero-order chi connectivity index (χ0) is 6.41. The molecule has 0 aliphatic rings. The average Bonchev–Trinajstić information content (AvgIpc) is 1.83. The molecule has 0 saturated heterocycles. The highest BCUT2D eigenvalue weighted by Gasteiger charge is 2.13. The Morgan fingerprint density at radius 3 is 1.75 bits per heavy atom. The highest BCUT2D eigenvalue weighted by atomic mass is 16.5. The third-order valence-corrected chi connectivity index (χ3v) is 1.14. The SMILES string of the molecule is CCO[C+](CC)CC. The molecular formula is C7H15O+. The maximum absolute atomic E-state index is 5.26. The predicted octanol–water partition coefficient (Wildman–Crippen LogP) is 2.37. The van der Waals surface area contributed by atoms with Crippen LogP contribution in [-0.2, 0) is 4.74 Å². The van der Waals surface area contributed by atoms with Gasteiger partial charge in [0.2, 0.25) is 6.10 Å². The van der Waals surface area contributed by atoms with Crippen molar-refractivity contribution in [2.45, 2.75) is 33.6 Å². The van der Waals surface area contributed by atoms with Crippen LogP contribution < -0.4 is 0 Å². The van der Waals surface area contributed by atoms with E-state index >= 15 is 0 Å². The van der Waals surface area contributed by atoms with E-state index in [1.807, 2.05) is 6.92 Å². The first-order valence-corrected chi connectivity index (χ1v) is 3.32. The molecule has 0 aromatic rings. The second-order valence-electron chi connectivity index (χ2n) is 1.68. The van der Waals surface area contributed by atoms with Crippen LogP contribution >= 0.6 is 0 Å². The Kier molecular flexibility index (Phi) is 4.87. The van der Waals surface area contributed by atoms with Crippen molar-refractivity contribution >= 4 is 0 Å². The average molecular weight is 115 g/mol. The molecule has 0 heterocycles. The van der Waals surface area contributed by atoms with Gasteiger partial charge in [0.05, 0.1) is 6.61 Å². The maximum atomic E-state index is 5.26. The van der Waals surface area contributed by atoms with Gasteiger partial charge in [0, 0.05) is 0 Å². The fourth-order valence-corrected chi connectivity index (χ4v) is 0.658. The molecule has 0 N–H and O–H groups in total. The Balaban J connectivity index is 3.07. The Labute approximate surface area is 52.0 Å². The Morgan fingerprint density at radius 1 is 1.12 bits per heavy atom. The van der Waals surface area contributed by atoms with Gasteiger partial charge in [-0.05, 0) is 20.8 Å². The van der Waals surface area contributed by atoms with Crippen molar-refractivity contribution < 1.29 is 4.74 Å². The summed E-state index contributed by atoms with van der Waals surface area (Å²) < 4.78 is 5.26. The van der Waals surface area contributed by atoms with E-state index in [2.05, 4.69) is 13.8 Å². The largest absolute Gasteiger partial charge is 0.240 e. The second-order valence-corrected chi connectivity index (χ2v) is 1.68. The first-order chi connectivity index (χ1) is 3.85. The van der Waals surface area contributed by atoms with Crippen LogP contribution in [0.25, 0.3) is 0 Å². The van der Waals surface area contributed by atoms with Crippen molar-refractivity contribution in [3.05, 3.63) is 6.10 Å². The zero-order valence-corrected chi connectivity index (χ0v) is 6.03. The van der Waals surface area contributed by atoms with Crippen LogP contribution in [0.1, 0.15) is 33.6 Å². The van der Waals surface area contributed by atoms with Gasteiger partial charge in [-0.15, -0.1) is 0 Å². The second kappa shape index (κ2) is 4.98. The van der Waals surface area contributed by atoms with Crippen molar-refractivity contribution in [3.8, 4) is 0 Å². The highest BCUT2D eigenvalue weighted by Crippen LogP contribution is 2.10. The van der Waals surface area contributed by atoms with Gasteiger partial charge in [0.1, 0.15) is 12.8 Å². The molecule has 0 fully saturated rings. The Morgan fingerprint density at radius 2 is 1.62 bits per heavy atom. The van der Waals surface area contributed by atoms with Crippen LogP contribution in [-0.4, -0.2) is 6.61 Å². The molecule has 0 atom stereocenters. The molecule has 0 aliphatic heterocycles. The molecule has 0 aromatic carbocycles. The monoisotopic (exact) mass is 115 g/mol. The molecule has 1 heteroatoms. The Bertz CT molecular complexity index is 39.7. The standard InChI is InChI=1S/C7H15O/c1-4-7(5-2)8-6-3/h4-6H2,1-3H3/q+1. The smallest absolute Gasteiger partial charge is 0.194 e. The minimum Gasteiger partial charge on any atom is -0.194 e. The molecule has 1 nitrogen and oxygen atoms in total. The van der Waals surface area contributed by atoms with Crippen LogP contribution in [0.4, 0.5) is 0 Å². The normalized spacial score (nSPS) is 9.38. The predicted molar refractivity (Wildman–Crippen MR) is 35.5 cm³/mol. The summed E-state index contributed by atoms with van der Waals surface area (Å²) in [6.07, 6.45) is 3.34. The van der Waals surface area contributed by atoms with Crippen LogP contribution in [0, 0.1) is 6.10 Å². The third kappa shape index (κ3) is 2.92. The van der Waals surface area contributed by atoms with Gasteiger partial charge in [-0.2, -0.15) is 4.74 Å². The van der Waals surface area contributed by atoms with E-state index in [-0.39, 0.29) is 0 Å². The topological polar surface area (TPSA) is 9.23 Å². The lowest BCUT2D eigenvalue weighted by Gasteiger charge is -1.95. The van der Waals surface area contributed by atoms with Gasteiger partial charge >= 0.3 is 0 Å². The molecule has 0 bridgehead atoms. The lowest BCUT2D eigenvalue weighted by Crippen LogP contribution is -1.99. The summed E-state index contributed by atoms with van der Waals surface area (Å²) >= 11 is 0. The van der Waals surface area contributed by atoms with E-state index in [4.69, 9.17) is 4.74 Å². The maximum Gasteiger partial charge on any atom is 0.240 e. The Hall–Kier alpha value is -0.170. The summed E-state index contributed by atoms with van der Waals surface area (Å²) in [5.41, 5.74) is 0. The molecule has 0 aliphatic carbocycles. The van der Waals surface area contributed by atoms with E-state index in [0.717, 1.165) is 19.4 Å². The first kappa shape index (κ1) is 7.83. The van der Waals surface area contributed by atoms with Gasteiger partial charge in [-0.1, -0.05) is 0 Å². The highest BCUT2D eigenvalue weighted by molar-refractivity contribution is 4.72. The zero-order valence-electron chi connectivity index (χ0n) is 6.03. The molecule has 0 aromatic heterocycles. The molecular weight excluding hydrogens is 100 g/mol. The quantitative estimate of drug-likeness (QED) is 0.511. The minimum absolute atomic E-state index is 0.816. The third-order valence-electron chi connectivity index (χ3n) is 1.14.